The van der Waals surface area contributed by atoms with Crippen LogP contribution in [-0.4, -0.2) is 3.92 Å². The highest BCUT2D eigenvalue weighted by atomic mass is 127. The molecule has 0 saturated carbocycles. The maximum Gasteiger partial charge on any atom is 0.0622 e. The summed E-state index contributed by atoms with van der Waals surface area (Å²) in [5.74, 6) is 0. The summed E-state index contributed by atoms with van der Waals surface area (Å²) in [6.07, 6.45) is 2.73. The van der Waals surface area contributed by atoms with E-state index in [1.807, 2.05) is 6.07 Å². The Morgan fingerprint density at radius 1 is 1.31 bits per heavy atom. The Balaban J connectivity index is 2.37. The highest BCUT2D eigenvalue weighted by Crippen LogP contribution is 2.14. The first kappa shape index (κ1) is 10.5. The highest BCUT2D eigenvalue weighted by molar-refractivity contribution is 14.1. The Bertz CT molecular complexity index is 276. The fourth-order valence-electron chi connectivity index (χ4n) is 1.19. The van der Waals surface area contributed by atoms with Crippen molar-refractivity contribution in [3.8, 4) is 6.07 Å². The number of benzene rings is 1. The van der Waals surface area contributed by atoms with Crippen molar-refractivity contribution >= 4 is 22.6 Å². The van der Waals surface area contributed by atoms with E-state index in [0.29, 0.717) is 10.3 Å². The predicted octanol–water partition coefficient (Wildman–Crippen LogP) is 3.34. The molecule has 0 N–H and O–H groups in total. The molecule has 0 aliphatic heterocycles. The molecule has 1 nitrogen and oxygen atoms in total. The molecule has 0 aromatic heterocycles. The third kappa shape index (κ3) is 4.28. The second kappa shape index (κ2) is 5.98. The van der Waals surface area contributed by atoms with Crippen molar-refractivity contribution in [2.75, 3.05) is 0 Å². The van der Waals surface area contributed by atoms with Gasteiger partial charge in [0.2, 0.25) is 0 Å². The second-order valence-electron chi connectivity index (χ2n) is 2.98. The Kier molecular flexibility index (Phi) is 4.84. The lowest BCUT2D eigenvalue weighted by molar-refractivity contribution is 0.797. The molecule has 1 aromatic rings. The lowest BCUT2D eigenvalue weighted by atomic mass is 10.1. The van der Waals surface area contributed by atoms with Gasteiger partial charge in [0.15, 0.2) is 0 Å². The van der Waals surface area contributed by atoms with Gasteiger partial charge in [-0.25, -0.2) is 0 Å². The van der Waals surface area contributed by atoms with Crippen LogP contribution in [0.25, 0.3) is 0 Å². The van der Waals surface area contributed by atoms with Gasteiger partial charge in [-0.2, -0.15) is 5.26 Å². The predicted molar refractivity (Wildman–Crippen MR) is 62.8 cm³/mol. The molecule has 0 fully saturated rings. The van der Waals surface area contributed by atoms with E-state index in [4.69, 9.17) is 5.26 Å². The van der Waals surface area contributed by atoms with Crippen molar-refractivity contribution < 1.29 is 0 Å². The van der Waals surface area contributed by atoms with Gasteiger partial charge < -0.3 is 0 Å². The summed E-state index contributed by atoms with van der Waals surface area (Å²) >= 11 is 2.42. The zero-order chi connectivity index (χ0) is 9.52. The molecule has 1 atom stereocenters. The molecule has 0 aliphatic rings. The molecule has 0 radical (unpaired) electrons. The van der Waals surface area contributed by atoms with Gasteiger partial charge in [-0.1, -0.05) is 52.9 Å². The number of halogens is 1. The summed E-state index contributed by atoms with van der Waals surface area (Å²) in [7, 11) is 0. The largest absolute Gasteiger partial charge is 0.198 e. The van der Waals surface area contributed by atoms with Gasteiger partial charge >= 0.3 is 0 Å². The summed E-state index contributed by atoms with van der Waals surface area (Å²) in [4.78, 5) is 0. The van der Waals surface area contributed by atoms with E-state index in [1.54, 1.807) is 0 Å². The van der Waals surface area contributed by atoms with Crippen LogP contribution in [0.1, 0.15) is 18.4 Å². The highest BCUT2D eigenvalue weighted by Gasteiger charge is 2.03. The second-order valence-corrected chi connectivity index (χ2v) is 4.75. The van der Waals surface area contributed by atoms with Crippen LogP contribution in [0, 0.1) is 11.3 Å². The fourth-order valence-corrected chi connectivity index (χ4v) is 2.01. The van der Waals surface area contributed by atoms with Gasteiger partial charge in [0.1, 0.15) is 0 Å². The number of alkyl halides is 1. The average Bonchev–Trinajstić information content (AvgIpc) is 2.16. The molecular formula is C11H12IN. The summed E-state index contributed by atoms with van der Waals surface area (Å²) in [5.41, 5.74) is 1.36. The summed E-state index contributed by atoms with van der Waals surface area (Å²) < 4.78 is 0.583. The van der Waals surface area contributed by atoms with Crippen LogP contribution < -0.4 is 0 Å². The first-order valence-electron chi connectivity index (χ1n) is 4.38. The van der Waals surface area contributed by atoms with Crippen LogP contribution in [0.5, 0.6) is 0 Å². The molecule has 68 valence electrons. The average molecular weight is 285 g/mol. The standard InChI is InChI=1S/C11H12IN/c12-11(7-4-8-13)9-10-5-2-1-3-6-10/h1-3,5-6,11H,4,7,9H2. The molecule has 0 bridgehead atoms. The normalized spacial score (nSPS) is 12.0. The molecular weight excluding hydrogens is 273 g/mol. The van der Waals surface area contributed by atoms with Crippen molar-refractivity contribution in [1.29, 1.82) is 5.26 Å². The Morgan fingerprint density at radius 3 is 2.62 bits per heavy atom. The molecule has 13 heavy (non-hydrogen) atoms. The zero-order valence-electron chi connectivity index (χ0n) is 7.41. The monoisotopic (exact) mass is 285 g/mol. The summed E-state index contributed by atoms with van der Waals surface area (Å²) in [5, 5.41) is 8.43. The van der Waals surface area contributed by atoms with Crippen LogP contribution in [0.3, 0.4) is 0 Å². The van der Waals surface area contributed by atoms with E-state index < -0.39 is 0 Å². The van der Waals surface area contributed by atoms with Crippen molar-refractivity contribution in [1.82, 2.24) is 0 Å². The molecule has 0 heterocycles. The number of nitrogens with zero attached hydrogens (tertiary/aromatic N) is 1. The van der Waals surface area contributed by atoms with Crippen molar-refractivity contribution in [3.05, 3.63) is 35.9 Å². The fraction of sp³-hybridized carbons (Fsp3) is 0.364. The summed E-state index contributed by atoms with van der Waals surface area (Å²) in [6.45, 7) is 0. The first-order chi connectivity index (χ1) is 6.33. The van der Waals surface area contributed by atoms with Crippen LogP contribution in [0.2, 0.25) is 0 Å². The van der Waals surface area contributed by atoms with E-state index in [1.165, 1.54) is 5.56 Å². The van der Waals surface area contributed by atoms with Crippen molar-refractivity contribution in [3.63, 3.8) is 0 Å². The molecule has 0 aliphatic carbocycles. The number of hydrogen-bond acceptors (Lipinski definition) is 1. The Morgan fingerprint density at radius 2 is 2.00 bits per heavy atom. The van der Waals surface area contributed by atoms with Gasteiger partial charge in [0.25, 0.3) is 0 Å². The van der Waals surface area contributed by atoms with Crippen LogP contribution in [0.15, 0.2) is 30.3 Å². The third-order valence-electron chi connectivity index (χ3n) is 1.87. The number of nitriles is 1. The molecule has 0 amide bonds. The van der Waals surface area contributed by atoms with Crippen molar-refractivity contribution in [2.24, 2.45) is 0 Å². The van der Waals surface area contributed by atoms with E-state index in [2.05, 4.69) is 52.9 Å². The van der Waals surface area contributed by atoms with Gasteiger partial charge in [-0.05, 0) is 18.4 Å². The molecule has 0 spiro atoms. The minimum Gasteiger partial charge on any atom is -0.198 e. The Labute approximate surface area is 92.9 Å². The van der Waals surface area contributed by atoms with Gasteiger partial charge in [-0.3, -0.25) is 0 Å². The van der Waals surface area contributed by atoms with Gasteiger partial charge in [0.05, 0.1) is 6.07 Å². The van der Waals surface area contributed by atoms with E-state index in [0.717, 1.165) is 12.8 Å². The van der Waals surface area contributed by atoms with E-state index >= 15 is 0 Å². The lowest BCUT2D eigenvalue weighted by Crippen LogP contribution is -2.01. The first-order valence-corrected chi connectivity index (χ1v) is 5.62. The molecule has 1 aromatic carbocycles. The minimum atomic E-state index is 0.583. The smallest absolute Gasteiger partial charge is 0.0622 e. The quantitative estimate of drug-likeness (QED) is 0.615. The molecule has 0 saturated heterocycles. The molecule has 1 unspecified atom stereocenters. The minimum absolute atomic E-state index is 0.583. The maximum absolute atomic E-state index is 8.43. The zero-order valence-corrected chi connectivity index (χ0v) is 9.57. The molecule has 1 rings (SSSR count). The Hall–Kier alpha value is -0.560. The lowest BCUT2D eigenvalue weighted by Gasteiger charge is -2.06. The number of rotatable bonds is 4. The number of hydrogen-bond donors (Lipinski definition) is 0. The van der Waals surface area contributed by atoms with Crippen LogP contribution in [-0.2, 0) is 6.42 Å². The SMILES string of the molecule is N#CCCC(I)Cc1ccccc1. The van der Waals surface area contributed by atoms with Crippen LogP contribution in [0.4, 0.5) is 0 Å². The van der Waals surface area contributed by atoms with Gasteiger partial charge in [0, 0.05) is 10.3 Å². The van der Waals surface area contributed by atoms with Gasteiger partial charge in [-0.15, -0.1) is 0 Å². The topological polar surface area (TPSA) is 23.8 Å². The van der Waals surface area contributed by atoms with Crippen molar-refractivity contribution in [2.45, 2.75) is 23.2 Å². The third-order valence-corrected chi connectivity index (χ3v) is 2.93. The summed E-state index contributed by atoms with van der Waals surface area (Å²) in [6, 6.07) is 12.6. The van der Waals surface area contributed by atoms with E-state index in [9.17, 15) is 0 Å². The molecule has 2 heteroatoms. The maximum atomic E-state index is 8.43. The van der Waals surface area contributed by atoms with Crippen LogP contribution >= 0.6 is 22.6 Å². The van der Waals surface area contributed by atoms with E-state index in [-0.39, 0.29) is 0 Å².